The van der Waals surface area contributed by atoms with Gasteiger partial charge >= 0.3 is 5.97 Å². The molecule has 4 unspecified atom stereocenters. The van der Waals surface area contributed by atoms with Crippen LogP contribution >= 0.6 is 0 Å². The van der Waals surface area contributed by atoms with E-state index >= 15 is 0 Å². The van der Waals surface area contributed by atoms with Crippen molar-refractivity contribution in [3.63, 3.8) is 0 Å². The Kier molecular flexibility index (Phi) is 8.80. The molecule has 6 N–H and O–H groups in total. The first-order chi connectivity index (χ1) is 16.7. The summed E-state index contributed by atoms with van der Waals surface area (Å²) in [6, 6.07) is 5.48. The van der Waals surface area contributed by atoms with Crippen molar-refractivity contribution in [2.24, 2.45) is 11.5 Å². The number of carbonyl (C=O) groups excluding carboxylic acids is 4. The molecule has 2 aliphatic heterocycles. The van der Waals surface area contributed by atoms with Gasteiger partial charge in [0.1, 0.15) is 18.1 Å². The Morgan fingerprint density at radius 2 is 1.63 bits per heavy atom. The third-order valence-electron chi connectivity index (χ3n) is 6.57. The number of amides is 4. The number of primary amides is 1. The molecule has 2 fully saturated rings. The fourth-order valence-electron chi connectivity index (χ4n) is 4.75. The summed E-state index contributed by atoms with van der Waals surface area (Å²) in [5, 5.41) is 12.1. The van der Waals surface area contributed by atoms with Crippen molar-refractivity contribution in [3.05, 3.63) is 35.9 Å². The predicted octanol–water partition coefficient (Wildman–Crippen LogP) is -0.627. The molecule has 2 aliphatic rings. The van der Waals surface area contributed by atoms with Crippen LogP contribution in [0.15, 0.2) is 30.3 Å². The van der Waals surface area contributed by atoms with Gasteiger partial charge in [-0.05, 0) is 44.1 Å². The number of nitrogens with one attached hydrogen (secondary N) is 1. The summed E-state index contributed by atoms with van der Waals surface area (Å²) < 4.78 is 0. The van der Waals surface area contributed by atoms with E-state index in [2.05, 4.69) is 5.32 Å². The number of rotatable bonds is 10. The Morgan fingerprint density at radius 3 is 2.26 bits per heavy atom. The lowest BCUT2D eigenvalue weighted by Crippen LogP contribution is -2.57. The van der Waals surface area contributed by atoms with Crippen LogP contribution in [0.2, 0.25) is 0 Å². The second-order valence-corrected chi connectivity index (χ2v) is 9.08. The molecule has 1 aromatic carbocycles. The molecule has 11 nitrogen and oxygen atoms in total. The molecule has 11 heteroatoms. The Morgan fingerprint density at radius 1 is 1.00 bits per heavy atom. The van der Waals surface area contributed by atoms with Gasteiger partial charge in [-0.25, -0.2) is 4.79 Å². The Balaban J connectivity index is 1.71. The fraction of sp³-hybridized carbons (Fsp3) is 0.542. The van der Waals surface area contributed by atoms with E-state index in [9.17, 15) is 29.1 Å². The van der Waals surface area contributed by atoms with Crippen LogP contribution in [0.4, 0.5) is 0 Å². The average Bonchev–Trinajstić information content (AvgIpc) is 3.51. The highest BCUT2D eigenvalue weighted by molar-refractivity contribution is 5.95. The van der Waals surface area contributed by atoms with Gasteiger partial charge in [0, 0.05) is 19.5 Å². The van der Waals surface area contributed by atoms with Gasteiger partial charge < -0.3 is 31.7 Å². The van der Waals surface area contributed by atoms with Crippen LogP contribution in [0.5, 0.6) is 0 Å². The van der Waals surface area contributed by atoms with Crippen LogP contribution in [0, 0.1) is 0 Å². The van der Waals surface area contributed by atoms with E-state index < -0.39 is 53.8 Å². The predicted molar refractivity (Wildman–Crippen MR) is 126 cm³/mol. The minimum atomic E-state index is -1.08. The fourth-order valence-corrected chi connectivity index (χ4v) is 4.75. The molecular formula is C24H33N5O6. The number of carboxylic acids is 1. The number of benzene rings is 1. The average molecular weight is 488 g/mol. The van der Waals surface area contributed by atoms with E-state index in [1.807, 2.05) is 30.3 Å². The van der Waals surface area contributed by atoms with E-state index in [0.717, 1.165) is 5.56 Å². The summed E-state index contributed by atoms with van der Waals surface area (Å²) in [4.78, 5) is 65.1. The molecular weight excluding hydrogens is 454 g/mol. The molecule has 0 aromatic heterocycles. The molecule has 0 saturated carbocycles. The molecule has 4 atom stereocenters. The molecule has 0 spiro atoms. The van der Waals surface area contributed by atoms with Crippen molar-refractivity contribution in [2.75, 3.05) is 13.1 Å². The van der Waals surface area contributed by atoms with Crippen molar-refractivity contribution in [3.8, 4) is 0 Å². The summed E-state index contributed by atoms with van der Waals surface area (Å²) in [7, 11) is 0. The minimum Gasteiger partial charge on any atom is -0.480 e. The molecule has 0 radical (unpaired) electrons. The molecule has 35 heavy (non-hydrogen) atoms. The van der Waals surface area contributed by atoms with Crippen LogP contribution in [0.1, 0.15) is 44.1 Å². The first kappa shape index (κ1) is 26.1. The Labute approximate surface area is 203 Å². The molecule has 190 valence electrons. The van der Waals surface area contributed by atoms with E-state index in [0.29, 0.717) is 38.8 Å². The van der Waals surface area contributed by atoms with E-state index in [-0.39, 0.29) is 19.3 Å². The second kappa shape index (κ2) is 11.8. The summed E-state index contributed by atoms with van der Waals surface area (Å²) in [5.41, 5.74) is 12.2. The van der Waals surface area contributed by atoms with Gasteiger partial charge in [-0.2, -0.15) is 0 Å². The lowest BCUT2D eigenvalue weighted by atomic mass is 10.0. The van der Waals surface area contributed by atoms with Crippen molar-refractivity contribution in [2.45, 2.75) is 69.1 Å². The summed E-state index contributed by atoms with van der Waals surface area (Å²) in [5.74, 6) is -3.15. The minimum absolute atomic E-state index is 0.0309. The topological polar surface area (TPSA) is 176 Å². The number of carbonyl (C=O) groups is 5. The first-order valence-corrected chi connectivity index (χ1v) is 11.9. The highest BCUT2D eigenvalue weighted by atomic mass is 16.4. The smallest absolute Gasteiger partial charge is 0.326 e. The third kappa shape index (κ3) is 6.56. The van der Waals surface area contributed by atoms with Crippen molar-refractivity contribution < 1.29 is 29.1 Å². The van der Waals surface area contributed by atoms with Crippen molar-refractivity contribution in [1.29, 1.82) is 0 Å². The number of nitrogens with two attached hydrogens (primary N) is 2. The Bertz CT molecular complexity index is 955. The van der Waals surface area contributed by atoms with Gasteiger partial charge in [0.05, 0.1) is 6.04 Å². The third-order valence-corrected chi connectivity index (χ3v) is 6.57. The van der Waals surface area contributed by atoms with Crippen LogP contribution in [0.25, 0.3) is 0 Å². The monoisotopic (exact) mass is 487 g/mol. The van der Waals surface area contributed by atoms with Crippen LogP contribution in [0.3, 0.4) is 0 Å². The van der Waals surface area contributed by atoms with E-state index in [1.165, 1.54) is 9.80 Å². The first-order valence-electron chi connectivity index (χ1n) is 11.9. The lowest BCUT2D eigenvalue weighted by molar-refractivity contribution is -0.152. The number of aliphatic carboxylic acids is 1. The highest BCUT2D eigenvalue weighted by Gasteiger charge is 2.43. The highest BCUT2D eigenvalue weighted by Crippen LogP contribution is 2.26. The molecule has 2 saturated heterocycles. The molecule has 3 rings (SSSR count). The molecule has 1 aromatic rings. The van der Waals surface area contributed by atoms with Crippen LogP contribution in [-0.4, -0.2) is 81.8 Å². The summed E-state index contributed by atoms with van der Waals surface area (Å²) >= 11 is 0. The SMILES string of the molecule is NC(=O)CCC(NC(=O)C(N)Cc1ccccc1)C(=O)N1CCCC1C(=O)N1CCCC1C(=O)O. The van der Waals surface area contributed by atoms with Gasteiger partial charge in [-0.15, -0.1) is 0 Å². The summed E-state index contributed by atoms with van der Waals surface area (Å²) in [6.07, 6.45) is 2.02. The lowest BCUT2D eigenvalue weighted by Gasteiger charge is -2.32. The van der Waals surface area contributed by atoms with Crippen LogP contribution in [-0.2, 0) is 30.4 Å². The zero-order valence-corrected chi connectivity index (χ0v) is 19.6. The molecule has 0 aliphatic carbocycles. The van der Waals surface area contributed by atoms with Gasteiger partial charge in [-0.3, -0.25) is 19.2 Å². The normalized spacial score (nSPS) is 21.4. The Hall–Kier alpha value is -3.47. The van der Waals surface area contributed by atoms with E-state index in [1.54, 1.807) is 0 Å². The summed E-state index contributed by atoms with van der Waals surface area (Å²) in [6.45, 7) is 0.615. The van der Waals surface area contributed by atoms with Crippen LogP contribution < -0.4 is 16.8 Å². The zero-order valence-electron chi connectivity index (χ0n) is 19.6. The maximum atomic E-state index is 13.5. The van der Waals surface area contributed by atoms with Gasteiger partial charge in [0.15, 0.2) is 0 Å². The maximum Gasteiger partial charge on any atom is 0.326 e. The molecule has 2 heterocycles. The quantitative estimate of drug-likeness (QED) is 0.340. The van der Waals surface area contributed by atoms with Crippen molar-refractivity contribution in [1.82, 2.24) is 15.1 Å². The maximum absolute atomic E-state index is 13.5. The van der Waals surface area contributed by atoms with E-state index in [4.69, 9.17) is 11.5 Å². The number of nitrogens with zero attached hydrogens (tertiary/aromatic N) is 2. The van der Waals surface area contributed by atoms with Gasteiger partial charge in [0.25, 0.3) is 0 Å². The zero-order chi connectivity index (χ0) is 25.5. The van der Waals surface area contributed by atoms with Gasteiger partial charge in [-0.1, -0.05) is 30.3 Å². The standard InChI is InChI=1S/C24H33N5O6/c25-16(14-15-6-2-1-3-7-15)21(31)27-17(10-11-20(26)30)22(32)28-12-4-8-18(28)23(33)29-13-5-9-19(29)24(34)35/h1-3,6-7,16-19H,4-5,8-14,25H2,(H2,26,30)(H,27,31)(H,34,35). The molecule has 4 amide bonds. The largest absolute Gasteiger partial charge is 0.480 e. The van der Waals surface area contributed by atoms with Crippen molar-refractivity contribution >= 4 is 29.6 Å². The number of likely N-dealkylation sites (tertiary alicyclic amines) is 2. The second-order valence-electron chi connectivity index (χ2n) is 9.08. The van der Waals surface area contributed by atoms with Gasteiger partial charge in [0.2, 0.25) is 23.6 Å². The number of hydrogen-bond donors (Lipinski definition) is 4. The number of hydrogen-bond acceptors (Lipinski definition) is 6. The number of carboxylic acid groups (broad SMARTS) is 1. The molecule has 0 bridgehead atoms.